The number of hydrogen-bond donors (Lipinski definition) is 2. The second kappa shape index (κ2) is 5.89. The number of anilines is 2. The van der Waals surface area contributed by atoms with E-state index >= 15 is 0 Å². The van der Waals surface area contributed by atoms with Crippen LogP contribution in [0.4, 0.5) is 11.6 Å². The predicted octanol–water partition coefficient (Wildman–Crippen LogP) is 1.54. The van der Waals surface area contributed by atoms with E-state index in [0.717, 1.165) is 16.7 Å². The number of nitrogens with zero attached hydrogens (tertiary/aromatic N) is 3. The number of aromatic nitrogens is 2. The fourth-order valence-electron chi connectivity index (χ4n) is 2.55. The second-order valence-corrected chi connectivity index (χ2v) is 7.31. The van der Waals surface area contributed by atoms with E-state index in [9.17, 15) is 0 Å². The first-order valence-electron chi connectivity index (χ1n) is 8.20. The number of hydrogen-bond acceptors (Lipinski definition) is 6. The summed E-state index contributed by atoms with van der Waals surface area (Å²) in [4.78, 5) is 4.11. The van der Waals surface area contributed by atoms with Crippen molar-refractivity contribution < 1.29 is 9.31 Å². The van der Waals surface area contributed by atoms with E-state index in [4.69, 9.17) is 20.8 Å². The van der Waals surface area contributed by atoms with Crippen molar-refractivity contribution >= 4 is 30.4 Å². The Kier molecular flexibility index (Phi) is 4.13. The fraction of sp³-hybridized carbons (Fsp3) is 0.412. The van der Waals surface area contributed by atoms with Crippen LogP contribution in [0.25, 0.3) is 0 Å². The van der Waals surface area contributed by atoms with Crippen LogP contribution in [-0.4, -0.2) is 34.2 Å². The summed E-state index contributed by atoms with van der Waals surface area (Å²) < 4.78 is 13.7. The Hall–Kier alpha value is -2.32. The molecule has 1 aromatic carbocycles. The van der Waals surface area contributed by atoms with E-state index in [0.29, 0.717) is 11.6 Å². The van der Waals surface area contributed by atoms with Gasteiger partial charge in [0.2, 0.25) is 5.95 Å². The number of nitrogen functional groups attached to an aromatic ring is 2. The highest BCUT2D eigenvalue weighted by Crippen LogP contribution is 2.36. The molecular formula is C17H24BN5O2. The Labute approximate surface area is 148 Å². The van der Waals surface area contributed by atoms with Gasteiger partial charge in [-0.15, -0.1) is 0 Å². The van der Waals surface area contributed by atoms with Gasteiger partial charge in [0.05, 0.1) is 29.3 Å². The Morgan fingerprint density at radius 3 is 2.36 bits per heavy atom. The van der Waals surface area contributed by atoms with E-state index in [2.05, 4.69) is 10.1 Å². The van der Waals surface area contributed by atoms with Crippen LogP contribution in [0, 0.1) is 6.92 Å². The summed E-state index contributed by atoms with van der Waals surface area (Å²) >= 11 is 0. The van der Waals surface area contributed by atoms with Crippen LogP contribution in [0.2, 0.25) is 0 Å². The average Bonchev–Trinajstić information content (AvgIpc) is 2.93. The van der Waals surface area contributed by atoms with Crippen LogP contribution >= 0.6 is 0 Å². The molecule has 0 radical (unpaired) electrons. The van der Waals surface area contributed by atoms with Gasteiger partial charge in [0.1, 0.15) is 0 Å². The van der Waals surface area contributed by atoms with Gasteiger partial charge in [-0.2, -0.15) is 5.10 Å². The molecule has 0 bridgehead atoms. The predicted molar refractivity (Wildman–Crippen MR) is 101 cm³/mol. The molecule has 0 spiro atoms. The fourth-order valence-corrected chi connectivity index (χ4v) is 2.55. The lowest BCUT2D eigenvalue weighted by atomic mass is 9.78. The van der Waals surface area contributed by atoms with Crippen molar-refractivity contribution in [2.24, 2.45) is 5.10 Å². The van der Waals surface area contributed by atoms with Crippen molar-refractivity contribution in [1.29, 1.82) is 0 Å². The summed E-state index contributed by atoms with van der Waals surface area (Å²) in [6.45, 7) is 9.96. The van der Waals surface area contributed by atoms with Crippen LogP contribution in [0.5, 0.6) is 0 Å². The highest BCUT2D eigenvalue weighted by Gasteiger charge is 2.51. The smallest absolute Gasteiger partial charge is 0.399 e. The molecule has 0 unspecified atom stereocenters. The van der Waals surface area contributed by atoms with Crippen LogP contribution in [-0.2, 0) is 9.31 Å². The van der Waals surface area contributed by atoms with Crippen molar-refractivity contribution in [2.45, 2.75) is 45.8 Å². The first-order valence-corrected chi connectivity index (χ1v) is 8.20. The van der Waals surface area contributed by atoms with Gasteiger partial charge in [-0.25, -0.2) is 9.66 Å². The van der Waals surface area contributed by atoms with Crippen LogP contribution in [0.3, 0.4) is 0 Å². The van der Waals surface area contributed by atoms with E-state index in [1.165, 1.54) is 4.68 Å². The lowest BCUT2D eigenvalue weighted by molar-refractivity contribution is 0.00578. The van der Waals surface area contributed by atoms with Crippen LogP contribution in [0.15, 0.2) is 29.5 Å². The van der Waals surface area contributed by atoms with Gasteiger partial charge < -0.3 is 20.8 Å². The SMILES string of the molecule is Cc1cn(N=Cc2cc(B3OC(C)(C)C(C)(C)O3)ccc2N)c(N)n1. The van der Waals surface area contributed by atoms with Crippen molar-refractivity contribution in [1.82, 2.24) is 9.66 Å². The zero-order chi connectivity index (χ0) is 18.4. The number of nitrogens with two attached hydrogens (primary N) is 2. The highest BCUT2D eigenvalue weighted by atomic mass is 16.7. The quantitative estimate of drug-likeness (QED) is 0.501. The maximum Gasteiger partial charge on any atom is 0.494 e. The van der Waals surface area contributed by atoms with Crippen LogP contribution < -0.4 is 16.9 Å². The van der Waals surface area contributed by atoms with Gasteiger partial charge in [-0.05, 0) is 46.1 Å². The summed E-state index contributed by atoms with van der Waals surface area (Å²) in [7, 11) is -0.446. The molecule has 0 amide bonds. The molecule has 2 heterocycles. The standard InChI is InChI=1S/C17H24BN5O2/c1-11-10-23(15(20)22-11)21-9-12-8-13(6-7-14(12)19)18-24-16(2,3)17(4,5)25-18/h6-10H,19H2,1-5H3,(H2,20,22). The monoisotopic (exact) mass is 341 g/mol. The molecule has 1 fully saturated rings. The molecule has 2 aromatic rings. The lowest BCUT2D eigenvalue weighted by Crippen LogP contribution is -2.41. The average molecular weight is 341 g/mol. The Morgan fingerprint density at radius 2 is 1.80 bits per heavy atom. The second-order valence-electron chi connectivity index (χ2n) is 7.31. The summed E-state index contributed by atoms with van der Waals surface area (Å²) in [6, 6.07) is 5.65. The lowest BCUT2D eigenvalue weighted by Gasteiger charge is -2.32. The van der Waals surface area contributed by atoms with Gasteiger partial charge in [0.15, 0.2) is 0 Å². The van der Waals surface area contributed by atoms with E-state index in [1.54, 1.807) is 12.4 Å². The third-order valence-electron chi connectivity index (χ3n) is 4.79. The third kappa shape index (κ3) is 3.27. The highest BCUT2D eigenvalue weighted by molar-refractivity contribution is 6.62. The molecule has 4 N–H and O–H groups in total. The largest absolute Gasteiger partial charge is 0.494 e. The zero-order valence-electron chi connectivity index (χ0n) is 15.3. The first-order chi connectivity index (χ1) is 11.6. The zero-order valence-corrected chi connectivity index (χ0v) is 15.3. The summed E-state index contributed by atoms with van der Waals surface area (Å²) in [5, 5.41) is 4.33. The van der Waals surface area contributed by atoms with E-state index in [-0.39, 0.29) is 0 Å². The molecule has 132 valence electrons. The summed E-state index contributed by atoms with van der Waals surface area (Å²) in [5.41, 5.74) is 14.2. The Balaban J connectivity index is 1.88. The normalized spacial score (nSPS) is 19.0. The molecule has 1 saturated heterocycles. The van der Waals surface area contributed by atoms with Gasteiger partial charge >= 0.3 is 7.12 Å². The number of imidazole rings is 1. The molecule has 1 aliphatic rings. The molecule has 8 heteroatoms. The van der Waals surface area contributed by atoms with Crippen molar-refractivity contribution in [2.75, 3.05) is 11.5 Å². The molecule has 0 saturated carbocycles. The molecule has 0 atom stereocenters. The number of benzene rings is 1. The van der Waals surface area contributed by atoms with Gasteiger partial charge in [-0.1, -0.05) is 12.1 Å². The number of rotatable bonds is 3. The molecule has 7 nitrogen and oxygen atoms in total. The molecular weight excluding hydrogens is 317 g/mol. The summed E-state index contributed by atoms with van der Waals surface area (Å²) in [5.74, 6) is 0.328. The third-order valence-corrected chi connectivity index (χ3v) is 4.79. The van der Waals surface area contributed by atoms with Gasteiger partial charge in [-0.3, -0.25) is 0 Å². The Bertz CT molecular complexity index is 812. The molecule has 1 aromatic heterocycles. The van der Waals surface area contributed by atoms with Crippen molar-refractivity contribution in [3.63, 3.8) is 0 Å². The number of aryl methyl sites for hydroxylation is 1. The van der Waals surface area contributed by atoms with Gasteiger partial charge in [0.25, 0.3) is 0 Å². The van der Waals surface area contributed by atoms with Gasteiger partial charge in [0, 0.05) is 11.3 Å². The minimum absolute atomic E-state index is 0.328. The molecule has 1 aliphatic heterocycles. The van der Waals surface area contributed by atoms with Crippen molar-refractivity contribution in [3.8, 4) is 0 Å². The van der Waals surface area contributed by atoms with Crippen molar-refractivity contribution in [3.05, 3.63) is 35.7 Å². The minimum atomic E-state index is -0.446. The molecule has 3 rings (SSSR count). The topological polar surface area (TPSA) is 101 Å². The molecule has 25 heavy (non-hydrogen) atoms. The van der Waals surface area contributed by atoms with E-state index in [1.807, 2.05) is 52.8 Å². The molecule has 0 aliphatic carbocycles. The maximum absolute atomic E-state index is 6.09. The summed E-state index contributed by atoms with van der Waals surface area (Å²) in [6.07, 6.45) is 3.40. The minimum Gasteiger partial charge on any atom is -0.399 e. The first kappa shape index (κ1) is 17.5. The van der Waals surface area contributed by atoms with Crippen LogP contribution in [0.1, 0.15) is 39.0 Å². The maximum atomic E-state index is 6.09. The van der Waals surface area contributed by atoms with E-state index < -0.39 is 18.3 Å². The Morgan fingerprint density at radius 1 is 1.16 bits per heavy atom.